The molecule has 0 saturated heterocycles. The predicted molar refractivity (Wildman–Crippen MR) is 83.7 cm³/mol. The molecule has 0 fully saturated rings. The number of rotatable bonds is 5. The molecule has 0 radical (unpaired) electrons. The average Bonchev–Trinajstić information content (AvgIpc) is 2.88. The molecule has 0 aliphatic heterocycles. The zero-order valence-electron chi connectivity index (χ0n) is 10.7. The highest BCUT2D eigenvalue weighted by Gasteiger charge is 2.11. The molecule has 0 aliphatic carbocycles. The molecular formula is C12H12BrN3O3S2. The van der Waals surface area contributed by atoms with Gasteiger partial charge in [-0.3, -0.25) is 4.79 Å². The first kappa shape index (κ1) is 16.1. The van der Waals surface area contributed by atoms with E-state index in [1.807, 2.05) is 0 Å². The van der Waals surface area contributed by atoms with E-state index in [4.69, 9.17) is 5.14 Å². The van der Waals surface area contributed by atoms with Gasteiger partial charge in [0.2, 0.25) is 10.0 Å². The monoisotopic (exact) mass is 389 g/mol. The molecule has 112 valence electrons. The van der Waals surface area contributed by atoms with E-state index < -0.39 is 10.0 Å². The van der Waals surface area contributed by atoms with E-state index in [0.717, 1.165) is 20.7 Å². The predicted octanol–water partition coefficient (Wildman–Crippen LogP) is 1.53. The van der Waals surface area contributed by atoms with E-state index in [1.165, 1.54) is 6.07 Å². The Kier molecular flexibility index (Phi) is 5.09. The van der Waals surface area contributed by atoms with Crippen LogP contribution in [0.3, 0.4) is 0 Å². The molecule has 21 heavy (non-hydrogen) atoms. The standard InChI is InChI=1S/C12H12BrN3O3S2/c13-8-1-3-10(16-7-8)12(17)15-6-5-9-2-4-11(20-9)21(14,18)19/h1-4,7H,5-6H2,(H,15,17)(H2,14,18,19). The molecule has 9 heteroatoms. The third kappa shape index (κ3) is 4.60. The van der Waals surface area contributed by atoms with Crippen LogP contribution in [0.4, 0.5) is 0 Å². The lowest BCUT2D eigenvalue weighted by Crippen LogP contribution is -2.26. The highest BCUT2D eigenvalue weighted by atomic mass is 79.9. The fraction of sp³-hybridized carbons (Fsp3) is 0.167. The lowest BCUT2D eigenvalue weighted by molar-refractivity contribution is 0.0949. The largest absolute Gasteiger partial charge is 0.350 e. The van der Waals surface area contributed by atoms with Gasteiger partial charge in [0.15, 0.2) is 0 Å². The van der Waals surface area contributed by atoms with Crippen molar-refractivity contribution in [3.05, 3.63) is 45.5 Å². The van der Waals surface area contributed by atoms with Crippen LogP contribution in [0.1, 0.15) is 15.4 Å². The Balaban J connectivity index is 1.88. The molecule has 0 aromatic carbocycles. The zero-order valence-corrected chi connectivity index (χ0v) is 14.0. The Labute approximate surface area is 134 Å². The van der Waals surface area contributed by atoms with Crippen molar-refractivity contribution in [2.24, 2.45) is 5.14 Å². The van der Waals surface area contributed by atoms with Gasteiger partial charge in [-0.2, -0.15) is 0 Å². The van der Waals surface area contributed by atoms with E-state index in [-0.39, 0.29) is 10.1 Å². The molecule has 2 heterocycles. The maximum Gasteiger partial charge on any atom is 0.269 e. The first-order valence-corrected chi connectivity index (χ1v) is 9.03. The summed E-state index contributed by atoms with van der Waals surface area (Å²) >= 11 is 4.35. The van der Waals surface area contributed by atoms with Gasteiger partial charge in [-0.1, -0.05) is 0 Å². The number of carbonyl (C=O) groups is 1. The van der Waals surface area contributed by atoms with Crippen molar-refractivity contribution < 1.29 is 13.2 Å². The number of thiophene rings is 1. The molecule has 1 amide bonds. The van der Waals surface area contributed by atoms with Crippen LogP contribution in [0.15, 0.2) is 39.1 Å². The van der Waals surface area contributed by atoms with Gasteiger partial charge in [0.25, 0.3) is 5.91 Å². The first-order chi connectivity index (χ1) is 9.86. The van der Waals surface area contributed by atoms with Crippen LogP contribution >= 0.6 is 27.3 Å². The zero-order chi connectivity index (χ0) is 15.5. The Morgan fingerprint density at radius 1 is 1.33 bits per heavy atom. The summed E-state index contributed by atoms with van der Waals surface area (Å²) in [5.74, 6) is -0.272. The summed E-state index contributed by atoms with van der Waals surface area (Å²) in [5.41, 5.74) is 0.328. The number of carbonyl (C=O) groups excluding carboxylic acids is 1. The number of primary sulfonamides is 1. The molecule has 0 atom stereocenters. The van der Waals surface area contributed by atoms with E-state index in [0.29, 0.717) is 18.7 Å². The van der Waals surface area contributed by atoms with Crippen LogP contribution < -0.4 is 10.5 Å². The minimum Gasteiger partial charge on any atom is -0.350 e. The van der Waals surface area contributed by atoms with E-state index in [2.05, 4.69) is 26.2 Å². The van der Waals surface area contributed by atoms with Crippen molar-refractivity contribution in [1.82, 2.24) is 10.3 Å². The summed E-state index contributed by atoms with van der Waals surface area (Å²) in [6.07, 6.45) is 2.08. The first-order valence-electron chi connectivity index (χ1n) is 5.87. The number of pyridine rings is 1. The quantitative estimate of drug-likeness (QED) is 0.808. The van der Waals surface area contributed by atoms with Crippen molar-refractivity contribution >= 4 is 43.2 Å². The van der Waals surface area contributed by atoms with Gasteiger partial charge in [-0.05, 0) is 46.6 Å². The molecule has 0 bridgehead atoms. The number of nitrogens with zero attached hydrogens (tertiary/aromatic N) is 1. The number of aromatic nitrogens is 1. The molecule has 0 aliphatic rings. The fourth-order valence-corrected chi connectivity index (χ4v) is 3.56. The van der Waals surface area contributed by atoms with Gasteiger partial charge in [-0.15, -0.1) is 11.3 Å². The lowest BCUT2D eigenvalue weighted by atomic mass is 10.3. The van der Waals surface area contributed by atoms with Crippen LogP contribution in [0, 0.1) is 0 Å². The number of sulfonamides is 1. The topological polar surface area (TPSA) is 102 Å². The molecule has 2 rings (SSSR count). The van der Waals surface area contributed by atoms with Crippen LogP contribution in [0.2, 0.25) is 0 Å². The number of amides is 1. The third-order valence-corrected chi connectivity index (χ3v) is 5.59. The second kappa shape index (κ2) is 6.65. The Bertz CT molecular complexity index is 741. The fourth-order valence-electron chi connectivity index (χ4n) is 1.55. The minimum atomic E-state index is -3.65. The smallest absolute Gasteiger partial charge is 0.269 e. The van der Waals surface area contributed by atoms with Crippen LogP contribution in [-0.4, -0.2) is 25.9 Å². The van der Waals surface area contributed by atoms with Gasteiger partial charge >= 0.3 is 0 Å². The molecule has 0 spiro atoms. The second-order valence-electron chi connectivity index (χ2n) is 4.13. The van der Waals surface area contributed by atoms with E-state index in [1.54, 1.807) is 24.4 Å². The van der Waals surface area contributed by atoms with Crippen molar-refractivity contribution in [2.75, 3.05) is 6.54 Å². The van der Waals surface area contributed by atoms with Gasteiger partial charge < -0.3 is 5.32 Å². The molecule has 0 saturated carbocycles. The highest BCUT2D eigenvalue weighted by molar-refractivity contribution is 9.10. The summed E-state index contributed by atoms with van der Waals surface area (Å²) in [4.78, 5) is 16.6. The molecule has 2 aromatic rings. The van der Waals surface area contributed by atoms with Crippen LogP contribution in [-0.2, 0) is 16.4 Å². The average molecular weight is 390 g/mol. The number of hydrogen-bond donors (Lipinski definition) is 2. The lowest BCUT2D eigenvalue weighted by Gasteiger charge is -2.03. The van der Waals surface area contributed by atoms with Crippen LogP contribution in [0.25, 0.3) is 0 Å². The minimum absolute atomic E-state index is 0.124. The summed E-state index contributed by atoms with van der Waals surface area (Å²) in [7, 11) is -3.65. The van der Waals surface area contributed by atoms with E-state index >= 15 is 0 Å². The number of hydrogen-bond acceptors (Lipinski definition) is 5. The third-order valence-electron chi connectivity index (χ3n) is 2.53. The normalized spacial score (nSPS) is 11.3. The van der Waals surface area contributed by atoms with Gasteiger partial charge in [0, 0.05) is 22.1 Å². The van der Waals surface area contributed by atoms with Crippen LogP contribution in [0.5, 0.6) is 0 Å². The van der Waals surface area contributed by atoms with Crippen molar-refractivity contribution in [3.63, 3.8) is 0 Å². The molecule has 6 nitrogen and oxygen atoms in total. The van der Waals surface area contributed by atoms with Gasteiger partial charge in [0.1, 0.15) is 9.90 Å². The Hall–Kier alpha value is -1.29. The highest BCUT2D eigenvalue weighted by Crippen LogP contribution is 2.20. The molecule has 2 aromatic heterocycles. The number of nitrogens with one attached hydrogen (secondary N) is 1. The van der Waals surface area contributed by atoms with Gasteiger partial charge in [0.05, 0.1) is 0 Å². The maximum absolute atomic E-state index is 11.8. The summed E-state index contributed by atoms with van der Waals surface area (Å²) in [6.45, 7) is 0.390. The molecule has 3 N–H and O–H groups in total. The van der Waals surface area contributed by atoms with Crippen molar-refractivity contribution in [2.45, 2.75) is 10.6 Å². The molecular weight excluding hydrogens is 378 g/mol. The summed E-state index contributed by atoms with van der Waals surface area (Å²) in [5, 5.41) is 7.76. The van der Waals surface area contributed by atoms with E-state index in [9.17, 15) is 13.2 Å². The van der Waals surface area contributed by atoms with Gasteiger partial charge in [-0.25, -0.2) is 18.5 Å². The maximum atomic E-state index is 11.8. The summed E-state index contributed by atoms with van der Waals surface area (Å²) in [6, 6.07) is 6.51. The number of nitrogens with two attached hydrogens (primary N) is 1. The Morgan fingerprint density at radius 3 is 2.67 bits per heavy atom. The second-order valence-corrected chi connectivity index (χ2v) is 8.01. The number of halogens is 1. The van der Waals surface area contributed by atoms with Crippen molar-refractivity contribution in [3.8, 4) is 0 Å². The Morgan fingerprint density at radius 2 is 2.10 bits per heavy atom. The molecule has 0 unspecified atom stereocenters. The summed E-state index contributed by atoms with van der Waals surface area (Å²) < 4.78 is 23.2. The van der Waals surface area contributed by atoms with Crippen molar-refractivity contribution in [1.29, 1.82) is 0 Å². The SMILES string of the molecule is NS(=O)(=O)c1ccc(CCNC(=O)c2ccc(Br)cn2)s1.